The molecule has 1 saturated carbocycles. The molecule has 3 atom stereocenters. The third-order valence-electron chi connectivity index (χ3n) is 3.13. The maximum Gasteiger partial charge on any atom is 0.237 e. The highest BCUT2D eigenvalue weighted by Gasteiger charge is 2.29. The molecular formula is C12H20N2OS. The van der Waals surface area contributed by atoms with Crippen molar-refractivity contribution in [3.05, 3.63) is 0 Å². The number of amides is 1. The van der Waals surface area contributed by atoms with Crippen molar-refractivity contribution in [2.24, 2.45) is 5.92 Å². The molecule has 16 heavy (non-hydrogen) atoms. The minimum atomic E-state index is -0.465. The molecule has 0 aromatic carbocycles. The van der Waals surface area contributed by atoms with E-state index < -0.39 is 5.92 Å². The first-order chi connectivity index (χ1) is 7.72. The molecule has 0 aliphatic heterocycles. The molecule has 0 saturated heterocycles. The van der Waals surface area contributed by atoms with Crippen LogP contribution in [0.15, 0.2) is 0 Å². The van der Waals surface area contributed by atoms with Crippen LogP contribution < -0.4 is 5.32 Å². The Labute approximate surface area is 102 Å². The summed E-state index contributed by atoms with van der Waals surface area (Å²) in [5, 5.41) is 12.5. The van der Waals surface area contributed by atoms with Crippen LogP contribution in [0.3, 0.4) is 0 Å². The second-order valence-corrected chi connectivity index (χ2v) is 5.37. The van der Waals surface area contributed by atoms with Gasteiger partial charge in [-0.05, 0) is 25.5 Å². The van der Waals surface area contributed by atoms with Crippen LogP contribution in [-0.2, 0) is 4.79 Å². The molecule has 4 heteroatoms. The Bertz CT molecular complexity index is 275. The first-order valence-corrected chi connectivity index (χ1v) is 7.24. The molecule has 1 fully saturated rings. The van der Waals surface area contributed by atoms with Crippen molar-refractivity contribution >= 4 is 17.7 Å². The predicted molar refractivity (Wildman–Crippen MR) is 67.1 cm³/mol. The van der Waals surface area contributed by atoms with Crippen molar-refractivity contribution in [3.8, 4) is 6.07 Å². The standard InChI is InChI=1S/C12H20N2OS/c1-3-5-9(8-13)12(15)14-10-6-4-7-11(10)16-2/h9-11H,3-7H2,1-2H3,(H,14,15). The Morgan fingerprint density at radius 1 is 1.62 bits per heavy atom. The molecular weight excluding hydrogens is 220 g/mol. The lowest BCUT2D eigenvalue weighted by atomic mass is 10.0. The van der Waals surface area contributed by atoms with Gasteiger partial charge in [-0.3, -0.25) is 4.79 Å². The van der Waals surface area contributed by atoms with E-state index in [2.05, 4.69) is 17.6 Å². The lowest BCUT2D eigenvalue weighted by Crippen LogP contribution is -2.41. The Morgan fingerprint density at radius 3 is 2.94 bits per heavy atom. The molecule has 1 amide bonds. The fourth-order valence-electron chi connectivity index (χ4n) is 2.20. The molecule has 1 rings (SSSR count). The van der Waals surface area contributed by atoms with Gasteiger partial charge in [0.05, 0.1) is 6.07 Å². The number of hydrogen-bond acceptors (Lipinski definition) is 3. The third kappa shape index (κ3) is 3.41. The van der Waals surface area contributed by atoms with E-state index in [1.165, 1.54) is 12.8 Å². The summed E-state index contributed by atoms with van der Waals surface area (Å²) in [6.45, 7) is 2.00. The Balaban J connectivity index is 2.46. The van der Waals surface area contributed by atoms with Gasteiger partial charge in [-0.2, -0.15) is 17.0 Å². The topological polar surface area (TPSA) is 52.9 Å². The van der Waals surface area contributed by atoms with E-state index in [1.54, 1.807) is 0 Å². The molecule has 0 spiro atoms. The summed E-state index contributed by atoms with van der Waals surface area (Å²) >= 11 is 1.82. The molecule has 3 unspecified atom stereocenters. The van der Waals surface area contributed by atoms with Crippen molar-refractivity contribution in [1.82, 2.24) is 5.32 Å². The maximum atomic E-state index is 11.8. The zero-order chi connectivity index (χ0) is 12.0. The Kier molecular flexibility index (Phi) is 5.68. The van der Waals surface area contributed by atoms with Crippen LogP contribution in [-0.4, -0.2) is 23.5 Å². The van der Waals surface area contributed by atoms with Crippen molar-refractivity contribution in [2.45, 2.75) is 50.3 Å². The van der Waals surface area contributed by atoms with E-state index in [0.29, 0.717) is 11.7 Å². The van der Waals surface area contributed by atoms with Crippen LogP contribution in [0.4, 0.5) is 0 Å². The molecule has 1 aliphatic carbocycles. The summed E-state index contributed by atoms with van der Waals surface area (Å²) in [5.41, 5.74) is 0. The van der Waals surface area contributed by atoms with Gasteiger partial charge in [0.15, 0.2) is 0 Å². The molecule has 3 nitrogen and oxygen atoms in total. The number of hydrogen-bond donors (Lipinski definition) is 1. The van der Waals surface area contributed by atoms with Crippen LogP contribution >= 0.6 is 11.8 Å². The van der Waals surface area contributed by atoms with Gasteiger partial charge < -0.3 is 5.32 Å². The quantitative estimate of drug-likeness (QED) is 0.802. The minimum absolute atomic E-state index is 0.0738. The van der Waals surface area contributed by atoms with Crippen molar-refractivity contribution in [1.29, 1.82) is 5.26 Å². The number of thioether (sulfide) groups is 1. The monoisotopic (exact) mass is 240 g/mol. The highest BCUT2D eigenvalue weighted by molar-refractivity contribution is 7.99. The fraction of sp³-hybridized carbons (Fsp3) is 0.833. The lowest BCUT2D eigenvalue weighted by Gasteiger charge is -2.20. The number of carbonyl (C=O) groups is 1. The Hall–Kier alpha value is -0.690. The molecule has 0 aromatic heterocycles. The van der Waals surface area contributed by atoms with E-state index >= 15 is 0 Å². The largest absolute Gasteiger partial charge is 0.351 e. The van der Waals surface area contributed by atoms with Crippen molar-refractivity contribution < 1.29 is 4.79 Å². The van der Waals surface area contributed by atoms with Crippen LogP contribution in [0, 0.1) is 17.2 Å². The number of nitriles is 1. The number of nitrogens with zero attached hydrogens (tertiary/aromatic N) is 1. The van der Waals surface area contributed by atoms with Crippen molar-refractivity contribution in [2.75, 3.05) is 6.26 Å². The molecule has 90 valence electrons. The highest BCUT2D eigenvalue weighted by Crippen LogP contribution is 2.28. The first-order valence-electron chi connectivity index (χ1n) is 5.95. The average molecular weight is 240 g/mol. The van der Waals surface area contributed by atoms with Gasteiger partial charge in [0.25, 0.3) is 0 Å². The minimum Gasteiger partial charge on any atom is -0.351 e. The normalized spacial score (nSPS) is 26.1. The van der Waals surface area contributed by atoms with E-state index in [4.69, 9.17) is 5.26 Å². The van der Waals surface area contributed by atoms with E-state index in [0.717, 1.165) is 12.8 Å². The van der Waals surface area contributed by atoms with Gasteiger partial charge >= 0.3 is 0 Å². The van der Waals surface area contributed by atoms with E-state index in [-0.39, 0.29) is 11.9 Å². The fourth-order valence-corrected chi connectivity index (χ4v) is 3.13. The summed E-state index contributed by atoms with van der Waals surface area (Å²) in [4.78, 5) is 11.8. The van der Waals surface area contributed by atoms with Gasteiger partial charge in [-0.25, -0.2) is 0 Å². The number of carbonyl (C=O) groups excluding carboxylic acids is 1. The van der Waals surface area contributed by atoms with Crippen LogP contribution in [0.5, 0.6) is 0 Å². The second kappa shape index (κ2) is 6.80. The first kappa shape index (κ1) is 13.4. The average Bonchev–Trinajstić information content (AvgIpc) is 2.72. The molecule has 1 aliphatic rings. The SMILES string of the molecule is CCCC(C#N)C(=O)NC1CCCC1SC. The zero-order valence-electron chi connectivity index (χ0n) is 10.0. The van der Waals surface area contributed by atoms with Crippen LogP contribution in [0.2, 0.25) is 0 Å². The van der Waals surface area contributed by atoms with E-state index in [1.807, 2.05) is 18.7 Å². The summed E-state index contributed by atoms with van der Waals surface area (Å²) in [6.07, 6.45) is 7.05. The lowest BCUT2D eigenvalue weighted by molar-refractivity contribution is -0.124. The summed E-state index contributed by atoms with van der Waals surface area (Å²) in [7, 11) is 0. The second-order valence-electron chi connectivity index (χ2n) is 4.29. The highest BCUT2D eigenvalue weighted by atomic mass is 32.2. The van der Waals surface area contributed by atoms with Gasteiger partial charge in [0.1, 0.15) is 5.92 Å². The van der Waals surface area contributed by atoms with Crippen LogP contribution in [0.1, 0.15) is 39.0 Å². The molecule has 0 aromatic rings. The number of nitrogens with one attached hydrogen (secondary N) is 1. The zero-order valence-corrected chi connectivity index (χ0v) is 10.8. The smallest absolute Gasteiger partial charge is 0.237 e. The third-order valence-corrected chi connectivity index (χ3v) is 4.30. The number of rotatable bonds is 5. The molecule has 0 radical (unpaired) electrons. The summed E-state index contributed by atoms with van der Waals surface area (Å²) in [5.74, 6) is -0.539. The van der Waals surface area contributed by atoms with Crippen molar-refractivity contribution in [3.63, 3.8) is 0 Å². The van der Waals surface area contributed by atoms with Crippen LogP contribution in [0.25, 0.3) is 0 Å². The van der Waals surface area contributed by atoms with Gasteiger partial charge in [0.2, 0.25) is 5.91 Å². The molecule has 1 N–H and O–H groups in total. The Morgan fingerprint density at radius 2 is 2.38 bits per heavy atom. The van der Waals surface area contributed by atoms with Gasteiger partial charge in [0, 0.05) is 11.3 Å². The molecule has 0 bridgehead atoms. The van der Waals surface area contributed by atoms with Gasteiger partial charge in [-0.15, -0.1) is 0 Å². The van der Waals surface area contributed by atoms with Gasteiger partial charge in [-0.1, -0.05) is 19.8 Å². The summed E-state index contributed by atoms with van der Waals surface area (Å²) < 4.78 is 0. The summed E-state index contributed by atoms with van der Waals surface area (Å²) in [6, 6.07) is 2.36. The van der Waals surface area contributed by atoms with E-state index in [9.17, 15) is 4.79 Å². The maximum absolute atomic E-state index is 11.8. The predicted octanol–water partition coefficient (Wildman–Crippen LogP) is 2.33. The molecule has 0 heterocycles.